The van der Waals surface area contributed by atoms with Gasteiger partial charge in [0, 0.05) is 24.7 Å². The number of rotatable bonds is 10. The Morgan fingerprint density at radius 1 is 0.725 bits per heavy atom. The maximum Gasteiger partial charge on any atom is 0.329 e. The maximum atomic E-state index is 13.5. The SMILES string of the molecule is COC(=O)CN(Cc1ccc(Cl)cc1)C(=O)C1(C)CCN1C(=O)Cc1cc(C)cc(C)c1.Cc1cc(C)cc(CC(=O)N2CCC2(C)C(=O)O)c1. The zero-order chi connectivity index (χ0) is 37.7. The fraction of sp³-hybridized carbons (Fsp3) is 0.425. The van der Waals surface area contributed by atoms with Gasteiger partial charge in [-0.3, -0.25) is 19.2 Å². The number of carboxylic acid groups (broad SMARTS) is 1. The van der Waals surface area contributed by atoms with Gasteiger partial charge in [-0.25, -0.2) is 4.79 Å². The fourth-order valence-corrected chi connectivity index (χ4v) is 6.94. The van der Waals surface area contributed by atoms with Crippen LogP contribution < -0.4 is 0 Å². The van der Waals surface area contributed by atoms with Crippen molar-refractivity contribution in [1.82, 2.24) is 14.7 Å². The number of aryl methyl sites for hydroxylation is 4. The van der Waals surface area contributed by atoms with Crippen LogP contribution in [0.5, 0.6) is 0 Å². The molecule has 2 atom stereocenters. The van der Waals surface area contributed by atoms with Crippen molar-refractivity contribution < 1.29 is 33.8 Å². The third kappa shape index (κ3) is 9.35. The van der Waals surface area contributed by atoms with Crippen LogP contribution in [0.4, 0.5) is 0 Å². The van der Waals surface area contributed by atoms with Gasteiger partial charge in [-0.1, -0.05) is 82.4 Å². The van der Waals surface area contributed by atoms with E-state index in [0.717, 1.165) is 38.9 Å². The Balaban J connectivity index is 0.000000261. The van der Waals surface area contributed by atoms with Gasteiger partial charge < -0.3 is 24.5 Å². The number of likely N-dealkylation sites (tertiary alicyclic amines) is 2. The molecule has 0 saturated carbocycles. The summed E-state index contributed by atoms with van der Waals surface area (Å²) in [5, 5.41) is 9.76. The summed E-state index contributed by atoms with van der Waals surface area (Å²) in [7, 11) is 1.29. The summed E-state index contributed by atoms with van der Waals surface area (Å²) in [6.45, 7) is 12.4. The van der Waals surface area contributed by atoms with E-state index in [1.54, 1.807) is 30.9 Å². The Hall–Kier alpha value is -4.70. The number of esters is 1. The van der Waals surface area contributed by atoms with E-state index in [2.05, 4.69) is 12.1 Å². The van der Waals surface area contributed by atoms with E-state index in [1.165, 1.54) is 16.9 Å². The van der Waals surface area contributed by atoms with E-state index in [1.807, 2.05) is 64.1 Å². The minimum absolute atomic E-state index is 0.0957. The van der Waals surface area contributed by atoms with Gasteiger partial charge in [-0.2, -0.15) is 0 Å². The number of carbonyl (C=O) groups is 5. The number of amides is 3. The second-order valence-electron chi connectivity index (χ2n) is 14.2. The molecule has 51 heavy (non-hydrogen) atoms. The second-order valence-corrected chi connectivity index (χ2v) is 14.6. The van der Waals surface area contributed by atoms with Crippen LogP contribution in [0.2, 0.25) is 5.02 Å². The fourth-order valence-electron chi connectivity index (χ4n) is 6.82. The molecule has 1 N–H and O–H groups in total. The number of ether oxygens (including phenoxy) is 1. The Morgan fingerprint density at radius 2 is 1.16 bits per heavy atom. The second kappa shape index (κ2) is 16.1. The lowest BCUT2D eigenvalue weighted by Crippen LogP contribution is -2.68. The number of carbonyl (C=O) groups excluding carboxylic acids is 4. The zero-order valence-corrected chi connectivity index (χ0v) is 31.3. The number of methoxy groups -OCH3 is 1. The van der Waals surface area contributed by atoms with Crippen molar-refractivity contribution in [2.45, 2.75) is 84.8 Å². The highest BCUT2D eigenvalue weighted by atomic mass is 35.5. The number of aliphatic carboxylic acids is 1. The van der Waals surface area contributed by atoms with Gasteiger partial charge in [0.25, 0.3) is 0 Å². The zero-order valence-electron chi connectivity index (χ0n) is 30.5. The molecule has 2 aliphatic rings. The first-order valence-electron chi connectivity index (χ1n) is 17.0. The summed E-state index contributed by atoms with van der Waals surface area (Å²) in [6, 6.07) is 19.2. The molecule has 2 fully saturated rings. The average Bonchev–Trinajstić information content (AvgIpc) is 3.02. The van der Waals surface area contributed by atoms with E-state index < -0.39 is 23.0 Å². The van der Waals surface area contributed by atoms with Crippen LogP contribution in [0.1, 0.15) is 65.6 Å². The molecule has 2 unspecified atom stereocenters. The largest absolute Gasteiger partial charge is 0.480 e. The Morgan fingerprint density at radius 3 is 1.53 bits per heavy atom. The summed E-state index contributed by atoms with van der Waals surface area (Å²) >= 11 is 5.96. The molecule has 3 aromatic rings. The van der Waals surface area contributed by atoms with Gasteiger partial charge in [0.2, 0.25) is 17.7 Å². The van der Waals surface area contributed by atoms with Crippen molar-refractivity contribution in [3.63, 3.8) is 0 Å². The normalized spacial score (nSPS) is 19.1. The summed E-state index contributed by atoms with van der Waals surface area (Å²) in [6.07, 6.45) is 1.58. The van der Waals surface area contributed by atoms with E-state index in [0.29, 0.717) is 31.0 Å². The minimum atomic E-state index is -1.02. The molecule has 5 rings (SSSR count). The molecule has 3 aromatic carbocycles. The molecule has 11 heteroatoms. The van der Waals surface area contributed by atoms with Gasteiger partial charge in [-0.15, -0.1) is 0 Å². The third-order valence-electron chi connectivity index (χ3n) is 9.75. The third-order valence-corrected chi connectivity index (χ3v) is 10.0. The highest BCUT2D eigenvalue weighted by molar-refractivity contribution is 6.30. The molecule has 0 bridgehead atoms. The molecule has 2 saturated heterocycles. The van der Waals surface area contributed by atoms with Crippen LogP contribution in [0.25, 0.3) is 0 Å². The number of hydrogen-bond acceptors (Lipinski definition) is 6. The molecule has 0 aromatic heterocycles. The van der Waals surface area contributed by atoms with Crippen LogP contribution in [-0.2, 0) is 48.1 Å². The number of nitrogens with zero attached hydrogens (tertiary/aromatic N) is 3. The van der Waals surface area contributed by atoms with Crippen LogP contribution in [0.15, 0.2) is 60.7 Å². The molecule has 3 amide bonds. The van der Waals surface area contributed by atoms with Gasteiger partial charge in [0.1, 0.15) is 17.6 Å². The molecule has 2 aliphatic heterocycles. The molecule has 2 heterocycles. The summed E-state index contributed by atoms with van der Waals surface area (Å²) < 4.78 is 4.79. The van der Waals surface area contributed by atoms with E-state index >= 15 is 0 Å². The molecule has 0 radical (unpaired) electrons. The topological polar surface area (TPSA) is 125 Å². The van der Waals surface area contributed by atoms with Crippen LogP contribution in [-0.4, -0.2) is 87.3 Å². The van der Waals surface area contributed by atoms with Gasteiger partial charge in [0.15, 0.2) is 0 Å². The monoisotopic (exact) mass is 717 g/mol. The number of halogens is 1. The van der Waals surface area contributed by atoms with Crippen molar-refractivity contribution in [3.05, 3.63) is 105 Å². The van der Waals surface area contributed by atoms with Gasteiger partial charge in [-0.05, 0) is 83.2 Å². The minimum Gasteiger partial charge on any atom is -0.480 e. The molecule has 0 spiro atoms. The van der Waals surface area contributed by atoms with Crippen LogP contribution in [0, 0.1) is 27.7 Å². The van der Waals surface area contributed by atoms with Crippen molar-refractivity contribution in [2.75, 3.05) is 26.7 Å². The molecular formula is C40H48ClN3O7. The predicted molar refractivity (Wildman–Crippen MR) is 195 cm³/mol. The van der Waals surface area contributed by atoms with E-state index in [4.69, 9.17) is 16.3 Å². The first-order chi connectivity index (χ1) is 23.9. The lowest BCUT2D eigenvalue weighted by molar-refractivity contribution is -0.168. The molecule has 0 aliphatic carbocycles. The Kier molecular flexibility index (Phi) is 12.3. The van der Waals surface area contributed by atoms with Crippen LogP contribution >= 0.6 is 11.6 Å². The number of hydrogen-bond donors (Lipinski definition) is 1. The smallest absolute Gasteiger partial charge is 0.329 e. The van der Waals surface area contributed by atoms with Crippen molar-refractivity contribution in [2.24, 2.45) is 0 Å². The number of benzene rings is 3. The number of carboxylic acids is 1. The van der Waals surface area contributed by atoms with Crippen LogP contribution in [0.3, 0.4) is 0 Å². The van der Waals surface area contributed by atoms with Gasteiger partial charge in [0.05, 0.1) is 20.0 Å². The van der Waals surface area contributed by atoms with E-state index in [9.17, 15) is 29.1 Å². The lowest BCUT2D eigenvalue weighted by atomic mass is 9.84. The highest BCUT2D eigenvalue weighted by Crippen LogP contribution is 2.34. The Bertz CT molecular complexity index is 1770. The first-order valence-corrected chi connectivity index (χ1v) is 17.4. The van der Waals surface area contributed by atoms with Gasteiger partial charge >= 0.3 is 11.9 Å². The van der Waals surface area contributed by atoms with E-state index in [-0.39, 0.29) is 43.7 Å². The predicted octanol–water partition coefficient (Wildman–Crippen LogP) is 5.61. The summed E-state index contributed by atoms with van der Waals surface area (Å²) in [4.78, 5) is 66.6. The van der Waals surface area contributed by atoms with Crippen molar-refractivity contribution in [3.8, 4) is 0 Å². The summed E-state index contributed by atoms with van der Waals surface area (Å²) in [5.74, 6) is -1.91. The molecule has 272 valence electrons. The standard InChI is InChI=1S/C25H29ClN2O4.C15H19NO3/c1-17-11-18(2)13-20(12-17)14-22(29)28-10-9-25(28,3)24(31)27(16-23(30)32-4)15-19-5-7-21(26)8-6-19;1-10-6-11(2)8-12(7-10)9-13(17)16-5-4-15(16,3)14(18)19/h5-8,11-13H,9-10,14-16H2,1-4H3;6-8H,4-5,9H2,1-3H3,(H,18,19). The lowest BCUT2D eigenvalue weighted by Gasteiger charge is -2.51. The molecular weight excluding hydrogens is 670 g/mol. The van der Waals surface area contributed by atoms with Crippen molar-refractivity contribution in [1.29, 1.82) is 0 Å². The average molecular weight is 718 g/mol. The first kappa shape index (κ1) is 39.1. The quantitative estimate of drug-likeness (QED) is 0.270. The van der Waals surface area contributed by atoms with Crippen molar-refractivity contribution >= 4 is 41.3 Å². The maximum absolute atomic E-state index is 13.5. The summed E-state index contributed by atoms with van der Waals surface area (Å²) in [5.41, 5.74) is 5.14. The Labute approximate surface area is 305 Å². The highest BCUT2D eigenvalue weighted by Gasteiger charge is 2.51. The molecule has 10 nitrogen and oxygen atoms in total.